The number of nitrogens with one attached hydrogen (secondary N) is 1. The van der Waals surface area contributed by atoms with Gasteiger partial charge in [0.2, 0.25) is 5.91 Å². The van der Waals surface area contributed by atoms with Gasteiger partial charge in [-0.1, -0.05) is 31.2 Å². The molecule has 2 N–H and O–H groups in total. The summed E-state index contributed by atoms with van der Waals surface area (Å²) in [6.45, 7) is 2.10. The molecule has 0 saturated heterocycles. The molecule has 116 valence electrons. The van der Waals surface area contributed by atoms with Gasteiger partial charge in [0.05, 0.1) is 0 Å². The SMILES string of the molecule is CCc1ccc(CCC(=O)N[C@@H](CCSC)C(=O)O)cc1. The normalized spacial score (nSPS) is 11.9. The Morgan fingerprint density at radius 2 is 1.86 bits per heavy atom. The van der Waals surface area contributed by atoms with E-state index in [0.717, 1.165) is 17.7 Å². The van der Waals surface area contributed by atoms with Crippen LogP contribution in [0.4, 0.5) is 0 Å². The van der Waals surface area contributed by atoms with Gasteiger partial charge in [0.15, 0.2) is 0 Å². The maximum absolute atomic E-state index is 11.8. The molecule has 1 atom stereocenters. The molecule has 0 spiro atoms. The molecular formula is C16H23NO3S. The van der Waals surface area contributed by atoms with Gasteiger partial charge in [0, 0.05) is 6.42 Å². The van der Waals surface area contributed by atoms with E-state index >= 15 is 0 Å². The van der Waals surface area contributed by atoms with Crippen LogP contribution in [0.5, 0.6) is 0 Å². The van der Waals surface area contributed by atoms with Gasteiger partial charge >= 0.3 is 5.97 Å². The van der Waals surface area contributed by atoms with Crippen LogP contribution in [0.2, 0.25) is 0 Å². The molecule has 4 nitrogen and oxygen atoms in total. The van der Waals surface area contributed by atoms with Crippen LogP contribution in [0.3, 0.4) is 0 Å². The summed E-state index contributed by atoms with van der Waals surface area (Å²) in [5.41, 5.74) is 2.37. The lowest BCUT2D eigenvalue weighted by Gasteiger charge is -2.13. The van der Waals surface area contributed by atoms with E-state index in [4.69, 9.17) is 5.11 Å². The van der Waals surface area contributed by atoms with Crippen LogP contribution in [0, 0.1) is 0 Å². The summed E-state index contributed by atoms with van der Waals surface area (Å²) >= 11 is 1.57. The first-order valence-electron chi connectivity index (χ1n) is 7.15. The summed E-state index contributed by atoms with van der Waals surface area (Å²) in [4.78, 5) is 22.9. The van der Waals surface area contributed by atoms with Crippen molar-refractivity contribution in [2.24, 2.45) is 0 Å². The van der Waals surface area contributed by atoms with Crippen molar-refractivity contribution in [1.29, 1.82) is 0 Å². The lowest BCUT2D eigenvalue weighted by Crippen LogP contribution is -2.41. The zero-order chi connectivity index (χ0) is 15.7. The second kappa shape index (κ2) is 9.45. The molecule has 0 aliphatic carbocycles. The number of aliphatic carboxylic acids is 1. The Morgan fingerprint density at radius 1 is 1.24 bits per heavy atom. The van der Waals surface area contributed by atoms with E-state index in [1.54, 1.807) is 11.8 Å². The number of amides is 1. The van der Waals surface area contributed by atoms with Crippen LogP contribution < -0.4 is 5.32 Å². The molecule has 0 aliphatic rings. The Morgan fingerprint density at radius 3 is 2.38 bits per heavy atom. The number of carbonyl (C=O) groups is 2. The number of carboxylic acids is 1. The van der Waals surface area contributed by atoms with Crippen molar-refractivity contribution in [2.75, 3.05) is 12.0 Å². The largest absolute Gasteiger partial charge is 0.480 e. The average Bonchev–Trinajstić information content (AvgIpc) is 2.49. The van der Waals surface area contributed by atoms with Crippen LogP contribution in [-0.4, -0.2) is 35.0 Å². The molecule has 0 fully saturated rings. The van der Waals surface area contributed by atoms with E-state index in [1.807, 2.05) is 18.4 Å². The van der Waals surface area contributed by atoms with Crippen LogP contribution in [0.25, 0.3) is 0 Å². The second-order valence-electron chi connectivity index (χ2n) is 4.91. The van der Waals surface area contributed by atoms with E-state index in [-0.39, 0.29) is 5.91 Å². The van der Waals surface area contributed by atoms with E-state index in [1.165, 1.54) is 5.56 Å². The smallest absolute Gasteiger partial charge is 0.326 e. The summed E-state index contributed by atoms with van der Waals surface area (Å²) < 4.78 is 0. The lowest BCUT2D eigenvalue weighted by molar-refractivity contribution is -0.141. The van der Waals surface area contributed by atoms with E-state index in [0.29, 0.717) is 19.3 Å². The fourth-order valence-corrected chi connectivity index (χ4v) is 2.43. The quantitative estimate of drug-likeness (QED) is 0.735. The number of aryl methyl sites for hydroxylation is 2. The minimum absolute atomic E-state index is 0.205. The van der Waals surface area contributed by atoms with Crippen molar-refractivity contribution in [3.05, 3.63) is 35.4 Å². The minimum atomic E-state index is -0.968. The third-order valence-corrected chi connectivity index (χ3v) is 3.96. The molecule has 0 aromatic heterocycles. The van der Waals surface area contributed by atoms with Gasteiger partial charge in [-0.15, -0.1) is 0 Å². The molecule has 21 heavy (non-hydrogen) atoms. The summed E-state index contributed by atoms with van der Waals surface area (Å²) in [6.07, 6.45) is 4.31. The zero-order valence-electron chi connectivity index (χ0n) is 12.6. The van der Waals surface area contributed by atoms with Crippen LogP contribution in [0.15, 0.2) is 24.3 Å². The molecule has 0 radical (unpaired) electrons. The first-order chi connectivity index (χ1) is 10.1. The predicted molar refractivity (Wildman–Crippen MR) is 86.7 cm³/mol. The van der Waals surface area contributed by atoms with Crippen LogP contribution in [-0.2, 0) is 22.4 Å². The number of thioether (sulfide) groups is 1. The third-order valence-electron chi connectivity index (χ3n) is 3.32. The molecule has 0 bridgehead atoms. The van der Waals surface area contributed by atoms with Gasteiger partial charge in [0.1, 0.15) is 6.04 Å². The first-order valence-corrected chi connectivity index (χ1v) is 8.55. The standard InChI is InChI=1S/C16H23NO3S/c1-3-12-4-6-13(7-5-12)8-9-15(18)17-14(16(19)20)10-11-21-2/h4-7,14H,3,8-11H2,1-2H3,(H,17,18)(H,19,20)/t14-/m0/s1. The van der Waals surface area contributed by atoms with Gasteiger partial charge < -0.3 is 10.4 Å². The number of carboxylic acid groups (broad SMARTS) is 1. The highest BCUT2D eigenvalue weighted by Crippen LogP contribution is 2.08. The fourth-order valence-electron chi connectivity index (χ4n) is 1.96. The zero-order valence-corrected chi connectivity index (χ0v) is 13.4. The van der Waals surface area contributed by atoms with Crippen LogP contribution in [0.1, 0.15) is 30.9 Å². The van der Waals surface area contributed by atoms with Gasteiger partial charge in [-0.05, 0) is 42.4 Å². The van der Waals surface area contributed by atoms with Gasteiger partial charge in [-0.25, -0.2) is 4.79 Å². The number of carbonyl (C=O) groups excluding carboxylic acids is 1. The number of rotatable bonds is 9. The second-order valence-corrected chi connectivity index (χ2v) is 5.90. The van der Waals surface area contributed by atoms with Gasteiger partial charge in [-0.3, -0.25) is 4.79 Å². The average molecular weight is 309 g/mol. The molecule has 0 saturated carbocycles. The first kappa shape index (κ1) is 17.6. The van der Waals surface area contributed by atoms with E-state index in [9.17, 15) is 9.59 Å². The number of hydrogen-bond acceptors (Lipinski definition) is 3. The molecule has 1 rings (SSSR count). The Kier molecular flexibility index (Phi) is 7.90. The Hall–Kier alpha value is -1.49. The molecular weight excluding hydrogens is 286 g/mol. The summed E-state index contributed by atoms with van der Waals surface area (Å²) in [7, 11) is 0. The van der Waals surface area contributed by atoms with Crippen LogP contribution >= 0.6 is 11.8 Å². The number of hydrogen-bond donors (Lipinski definition) is 2. The summed E-state index contributed by atoms with van der Waals surface area (Å²) in [6, 6.07) is 7.38. The molecule has 0 unspecified atom stereocenters. The van der Waals surface area contributed by atoms with Gasteiger partial charge in [-0.2, -0.15) is 11.8 Å². The van der Waals surface area contributed by atoms with E-state index < -0.39 is 12.0 Å². The maximum atomic E-state index is 11.8. The monoisotopic (exact) mass is 309 g/mol. The highest BCUT2D eigenvalue weighted by atomic mass is 32.2. The molecule has 0 heterocycles. The molecule has 1 aromatic carbocycles. The van der Waals surface area contributed by atoms with Crippen molar-refractivity contribution in [2.45, 2.75) is 38.6 Å². The van der Waals surface area contributed by atoms with Gasteiger partial charge in [0.25, 0.3) is 0 Å². The van der Waals surface area contributed by atoms with E-state index in [2.05, 4.69) is 24.4 Å². The van der Waals surface area contributed by atoms with Crippen molar-refractivity contribution in [3.63, 3.8) is 0 Å². The van der Waals surface area contributed by atoms with Crippen molar-refractivity contribution in [3.8, 4) is 0 Å². The Bertz CT molecular complexity index is 459. The molecule has 5 heteroatoms. The molecule has 1 amide bonds. The molecule has 1 aromatic rings. The summed E-state index contributed by atoms with van der Waals surface area (Å²) in [5.74, 6) is -0.455. The lowest BCUT2D eigenvalue weighted by atomic mass is 10.1. The topological polar surface area (TPSA) is 66.4 Å². The highest BCUT2D eigenvalue weighted by molar-refractivity contribution is 7.98. The van der Waals surface area contributed by atoms with Crippen molar-refractivity contribution in [1.82, 2.24) is 5.32 Å². The van der Waals surface area contributed by atoms with Crippen molar-refractivity contribution >= 4 is 23.6 Å². The number of benzene rings is 1. The third kappa shape index (κ3) is 6.67. The molecule has 0 aliphatic heterocycles. The predicted octanol–water partition coefficient (Wildman–Crippen LogP) is 2.50. The Balaban J connectivity index is 2.42. The van der Waals surface area contributed by atoms with Crippen molar-refractivity contribution < 1.29 is 14.7 Å². The highest BCUT2D eigenvalue weighted by Gasteiger charge is 2.18. The maximum Gasteiger partial charge on any atom is 0.326 e. The fraction of sp³-hybridized carbons (Fsp3) is 0.500. The minimum Gasteiger partial charge on any atom is -0.480 e. The Labute approximate surface area is 130 Å². The summed E-state index contributed by atoms with van der Waals surface area (Å²) in [5, 5.41) is 11.7.